The van der Waals surface area contributed by atoms with Gasteiger partial charge in [-0.3, -0.25) is 0 Å². The Morgan fingerprint density at radius 3 is 2.95 bits per heavy atom. The summed E-state index contributed by atoms with van der Waals surface area (Å²) in [6.45, 7) is 0.630. The molecule has 1 unspecified atom stereocenters. The van der Waals surface area contributed by atoms with E-state index in [1.165, 1.54) is 11.1 Å². The van der Waals surface area contributed by atoms with Crippen LogP contribution in [0.25, 0.3) is 0 Å². The molecular weight excluding hydrogens is 258 g/mol. The van der Waals surface area contributed by atoms with E-state index in [0.717, 1.165) is 18.4 Å². The fourth-order valence-electron chi connectivity index (χ4n) is 2.70. The molecule has 0 saturated heterocycles. The second-order valence-corrected chi connectivity index (χ2v) is 5.38. The molecule has 0 aromatic heterocycles. The fourth-order valence-corrected chi connectivity index (χ4v) is 2.89. The maximum Gasteiger partial charge on any atom is 0.120 e. The van der Waals surface area contributed by atoms with Gasteiger partial charge in [-0.15, -0.1) is 0 Å². The number of rotatable bonds is 3. The van der Waals surface area contributed by atoms with Crippen molar-refractivity contribution in [3.63, 3.8) is 0 Å². The van der Waals surface area contributed by atoms with Gasteiger partial charge < -0.3 is 10.4 Å². The summed E-state index contributed by atoms with van der Waals surface area (Å²) in [5.41, 5.74) is 3.65. The summed E-state index contributed by atoms with van der Waals surface area (Å²) in [5, 5.41) is 14.0. The lowest BCUT2D eigenvalue weighted by Gasteiger charge is -2.15. The van der Waals surface area contributed by atoms with E-state index in [2.05, 4.69) is 29.6 Å². The third kappa shape index (κ3) is 2.60. The second-order valence-electron chi connectivity index (χ2n) is 4.94. The molecule has 98 valence electrons. The van der Waals surface area contributed by atoms with Crippen LogP contribution in [0.1, 0.15) is 29.2 Å². The van der Waals surface area contributed by atoms with Gasteiger partial charge in [-0.1, -0.05) is 35.9 Å². The number of nitrogens with one attached hydrogen (secondary N) is 1. The molecule has 0 bridgehead atoms. The number of hydrogen-bond acceptors (Lipinski definition) is 2. The van der Waals surface area contributed by atoms with Gasteiger partial charge in [0, 0.05) is 23.2 Å². The molecule has 1 atom stereocenters. The summed E-state index contributed by atoms with van der Waals surface area (Å²) < 4.78 is 0. The zero-order valence-electron chi connectivity index (χ0n) is 10.6. The van der Waals surface area contributed by atoms with E-state index in [-0.39, 0.29) is 0 Å². The molecule has 0 aliphatic heterocycles. The molecule has 1 aliphatic carbocycles. The number of phenols is 1. The van der Waals surface area contributed by atoms with Crippen molar-refractivity contribution >= 4 is 11.6 Å². The standard InChI is InChI=1S/C16H16ClNO/c17-13-6-8-16(19)12(9-13)10-18-15-7-5-11-3-1-2-4-14(11)15/h1-4,6,8-9,15,18-19H,5,7,10H2. The molecule has 0 saturated carbocycles. The zero-order chi connectivity index (χ0) is 13.2. The third-order valence-corrected chi connectivity index (χ3v) is 3.95. The van der Waals surface area contributed by atoms with Gasteiger partial charge in [0.15, 0.2) is 0 Å². The van der Waals surface area contributed by atoms with E-state index < -0.39 is 0 Å². The van der Waals surface area contributed by atoms with Gasteiger partial charge in [0.25, 0.3) is 0 Å². The Morgan fingerprint density at radius 2 is 2.05 bits per heavy atom. The lowest BCUT2D eigenvalue weighted by molar-refractivity contribution is 0.456. The molecule has 19 heavy (non-hydrogen) atoms. The Balaban J connectivity index is 1.72. The number of aromatic hydroxyl groups is 1. The molecule has 0 fully saturated rings. The van der Waals surface area contributed by atoms with Crippen LogP contribution in [-0.2, 0) is 13.0 Å². The third-order valence-electron chi connectivity index (χ3n) is 3.71. The molecule has 2 N–H and O–H groups in total. The number of benzene rings is 2. The average Bonchev–Trinajstić information content (AvgIpc) is 2.83. The van der Waals surface area contributed by atoms with Gasteiger partial charge in [0.1, 0.15) is 5.75 Å². The van der Waals surface area contributed by atoms with E-state index >= 15 is 0 Å². The molecule has 2 aromatic rings. The molecule has 0 radical (unpaired) electrons. The van der Waals surface area contributed by atoms with E-state index in [0.29, 0.717) is 23.4 Å². The first-order chi connectivity index (χ1) is 9.24. The summed E-state index contributed by atoms with van der Waals surface area (Å²) in [6.07, 6.45) is 2.23. The van der Waals surface area contributed by atoms with Crippen molar-refractivity contribution in [2.24, 2.45) is 0 Å². The highest BCUT2D eigenvalue weighted by Crippen LogP contribution is 2.31. The molecule has 1 aliphatic rings. The van der Waals surface area contributed by atoms with Crippen molar-refractivity contribution in [3.05, 3.63) is 64.2 Å². The van der Waals surface area contributed by atoms with Crippen molar-refractivity contribution in [1.82, 2.24) is 5.32 Å². The van der Waals surface area contributed by atoms with Gasteiger partial charge >= 0.3 is 0 Å². The summed E-state index contributed by atoms with van der Waals surface area (Å²) in [4.78, 5) is 0. The van der Waals surface area contributed by atoms with Crippen LogP contribution < -0.4 is 5.32 Å². The summed E-state index contributed by atoms with van der Waals surface area (Å²) in [5.74, 6) is 0.295. The Labute approximate surface area is 118 Å². The van der Waals surface area contributed by atoms with Crippen LogP contribution >= 0.6 is 11.6 Å². The first-order valence-electron chi connectivity index (χ1n) is 6.52. The van der Waals surface area contributed by atoms with Crippen LogP contribution in [-0.4, -0.2) is 5.11 Å². The lowest BCUT2D eigenvalue weighted by Crippen LogP contribution is -2.18. The molecular formula is C16H16ClNO. The van der Waals surface area contributed by atoms with Crippen molar-refractivity contribution in [1.29, 1.82) is 0 Å². The van der Waals surface area contributed by atoms with E-state index in [1.54, 1.807) is 12.1 Å². The molecule has 2 nitrogen and oxygen atoms in total. The SMILES string of the molecule is Oc1ccc(Cl)cc1CNC1CCc2ccccc21. The molecule has 0 spiro atoms. The monoisotopic (exact) mass is 273 g/mol. The highest BCUT2D eigenvalue weighted by atomic mass is 35.5. The Morgan fingerprint density at radius 1 is 1.21 bits per heavy atom. The number of fused-ring (bicyclic) bond motifs is 1. The fraction of sp³-hybridized carbons (Fsp3) is 0.250. The Kier molecular flexibility index (Phi) is 3.45. The van der Waals surface area contributed by atoms with Crippen LogP contribution in [0.3, 0.4) is 0 Å². The number of phenolic OH excluding ortho intramolecular Hbond substituents is 1. The van der Waals surface area contributed by atoms with Gasteiger partial charge in [-0.2, -0.15) is 0 Å². The van der Waals surface area contributed by atoms with Gasteiger partial charge in [0.2, 0.25) is 0 Å². The van der Waals surface area contributed by atoms with Crippen LogP contribution in [0.4, 0.5) is 0 Å². The zero-order valence-corrected chi connectivity index (χ0v) is 11.3. The topological polar surface area (TPSA) is 32.3 Å². The minimum atomic E-state index is 0.295. The molecule has 3 rings (SSSR count). The first-order valence-corrected chi connectivity index (χ1v) is 6.90. The summed E-state index contributed by atoms with van der Waals surface area (Å²) in [6, 6.07) is 14.1. The number of hydrogen-bond donors (Lipinski definition) is 2. The minimum absolute atomic E-state index is 0.295. The van der Waals surface area contributed by atoms with E-state index in [9.17, 15) is 5.11 Å². The number of halogens is 1. The summed E-state index contributed by atoms with van der Waals surface area (Å²) >= 11 is 5.95. The quantitative estimate of drug-likeness (QED) is 0.891. The average molecular weight is 274 g/mol. The summed E-state index contributed by atoms with van der Waals surface area (Å²) in [7, 11) is 0. The molecule has 0 heterocycles. The Bertz CT molecular complexity index is 597. The highest BCUT2D eigenvalue weighted by Gasteiger charge is 2.21. The van der Waals surface area contributed by atoms with Gasteiger partial charge in [-0.05, 0) is 42.2 Å². The van der Waals surface area contributed by atoms with Gasteiger partial charge in [0.05, 0.1) is 0 Å². The van der Waals surface area contributed by atoms with Gasteiger partial charge in [-0.25, -0.2) is 0 Å². The lowest BCUT2D eigenvalue weighted by atomic mass is 10.1. The van der Waals surface area contributed by atoms with Crippen molar-refractivity contribution < 1.29 is 5.11 Å². The van der Waals surface area contributed by atoms with E-state index in [4.69, 9.17) is 11.6 Å². The highest BCUT2D eigenvalue weighted by molar-refractivity contribution is 6.30. The van der Waals surface area contributed by atoms with Crippen LogP contribution in [0.5, 0.6) is 5.75 Å². The maximum atomic E-state index is 9.81. The van der Waals surface area contributed by atoms with E-state index in [1.807, 2.05) is 6.07 Å². The first kappa shape index (κ1) is 12.5. The van der Waals surface area contributed by atoms with Crippen LogP contribution in [0.2, 0.25) is 5.02 Å². The van der Waals surface area contributed by atoms with Crippen LogP contribution in [0.15, 0.2) is 42.5 Å². The predicted molar refractivity (Wildman–Crippen MR) is 77.5 cm³/mol. The molecule has 2 aromatic carbocycles. The molecule has 3 heteroatoms. The number of aryl methyl sites for hydroxylation is 1. The largest absolute Gasteiger partial charge is 0.508 e. The van der Waals surface area contributed by atoms with Crippen molar-refractivity contribution in [2.45, 2.75) is 25.4 Å². The van der Waals surface area contributed by atoms with Crippen molar-refractivity contribution in [3.8, 4) is 5.75 Å². The van der Waals surface area contributed by atoms with Crippen molar-refractivity contribution in [2.75, 3.05) is 0 Å². The predicted octanol–water partition coefficient (Wildman–Crippen LogP) is 3.82. The maximum absolute atomic E-state index is 9.81. The molecule has 0 amide bonds. The normalized spacial score (nSPS) is 17.4. The van der Waals surface area contributed by atoms with Crippen LogP contribution in [0, 0.1) is 0 Å². The second kappa shape index (κ2) is 5.24. The Hall–Kier alpha value is -1.51. The minimum Gasteiger partial charge on any atom is -0.508 e. The smallest absolute Gasteiger partial charge is 0.120 e.